The first-order valence-electron chi connectivity index (χ1n) is 11.4. The van der Waals surface area contributed by atoms with Gasteiger partial charge in [-0.2, -0.15) is 13.9 Å². The maximum atomic E-state index is 13.2. The second kappa shape index (κ2) is 11.2. The van der Waals surface area contributed by atoms with E-state index in [-0.39, 0.29) is 17.1 Å². The Balaban J connectivity index is 2.07. The van der Waals surface area contributed by atoms with Crippen LogP contribution in [0, 0.1) is 12.8 Å². The summed E-state index contributed by atoms with van der Waals surface area (Å²) < 4.78 is 49.2. The maximum absolute atomic E-state index is 13.2. The minimum atomic E-state index is -3.15. The molecule has 3 rings (SSSR count). The third-order valence-electron chi connectivity index (χ3n) is 5.80. The number of methoxy groups -OCH3 is 1. The fraction of sp³-hybridized carbons (Fsp3) is 0.458. The molecule has 0 saturated carbocycles. The van der Waals surface area contributed by atoms with Crippen LogP contribution in [-0.4, -0.2) is 55.6 Å². The molecular weight excluding hydrogens is 511 g/mol. The van der Waals surface area contributed by atoms with Gasteiger partial charge >= 0.3 is 15.2 Å². The second-order valence-corrected chi connectivity index (χ2v) is 9.85. The summed E-state index contributed by atoms with van der Waals surface area (Å²) in [7, 11) is -1.24. The zero-order valence-corrected chi connectivity index (χ0v) is 22.4. The van der Waals surface area contributed by atoms with E-state index in [2.05, 4.69) is 10.1 Å². The van der Waals surface area contributed by atoms with Crippen molar-refractivity contribution in [3.63, 3.8) is 0 Å². The molecule has 0 aliphatic rings. The molecule has 1 unspecified atom stereocenters. The second-order valence-electron chi connectivity index (χ2n) is 9.16. The topological polar surface area (TPSA) is 125 Å². The van der Waals surface area contributed by atoms with Crippen LogP contribution in [0.3, 0.4) is 0 Å². The SMILES string of the molecule is COc1cc(-c2cnc3cc(OC(C)C(C)(C)OP(O)O)c(C)nn23)cc(OC(F)F)c1C(=O)C(C)C. The molecule has 37 heavy (non-hydrogen) atoms. The Morgan fingerprint density at radius 3 is 2.30 bits per heavy atom. The van der Waals surface area contributed by atoms with Crippen molar-refractivity contribution >= 4 is 20.0 Å². The number of carbonyl (C=O) groups is 1. The molecule has 2 heterocycles. The summed E-state index contributed by atoms with van der Waals surface area (Å²) in [6.07, 6.45) is 0.913. The Kier molecular flexibility index (Phi) is 8.69. The Morgan fingerprint density at radius 2 is 1.73 bits per heavy atom. The van der Waals surface area contributed by atoms with E-state index in [4.69, 9.17) is 18.7 Å². The fourth-order valence-corrected chi connectivity index (χ4v) is 4.11. The van der Waals surface area contributed by atoms with Crippen molar-refractivity contribution < 1.29 is 42.1 Å². The van der Waals surface area contributed by atoms with Crippen molar-refractivity contribution in [1.29, 1.82) is 0 Å². The molecule has 13 heteroatoms. The molecule has 2 aromatic heterocycles. The third-order valence-corrected chi connectivity index (χ3v) is 6.43. The van der Waals surface area contributed by atoms with E-state index in [1.165, 1.54) is 23.9 Å². The van der Waals surface area contributed by atoms with E-state index in [1.54, 1.807) is 53.7 Å². The molecule has 3 aromatic rings. The summed E-state index contributed by atoms with van der Waals surface area (Å²) >= 11 is 0. The average molecular weight is 541 g/mol. The van der Waals surface area contributed by atoms with Gasteiger partial charge in [-0.05, 0) is 39.8 Å². The molecule has 10 nitrogen and oxygen atoms in total. The average Bonchev–Trinajstić information content (AvgIpc) is 3.19. The summed E-state index contributed by atoms with van der Waals surface area (Å²) in [5.41, 5.74) is 0.624. The van der Waals surface area contributed by atoms with Crippen LogP contribution in [0.1, 0.15) is 50.7 Å². The van der Waals surface area contributed by atoms with Gasteiger partial charge in [-0.3, -0.25) is 4.79 Å². The lowest BCUT2D eigenvalue weighted by Gasteiger charge is -2.32. The summed E-state index contributed by atoms with van der Waals surface area (Å²) in [5, 5.41) is 4.54. The number of halogens is 2. The Hall–Kier alpha value is -2.92. The number of aryl methyl sites for hydroxylation is 1. The Bertz CT molecular complexity index is 1280. The zero-order valence-electron chi connectivity index (χ0n) is 21.5. The van der Waals surface area contributed by atoms with Crippen LogP contribution in [0.5, 0.6) is 17.2 Å². The number of imidazole rings is 1. The first-order valence-corrected chi connectivity index (χ1v) is 12.5. The van der Waals surface area contributed by atoms with E-state index in [1.807, 2.05) is 0 Å². The standard InChI is InChI=1S/C24H30F2N3O7P/c1-12(2)22(30)21-18(33-7)8-15(9-19(21)35-23(25)26)16-11-27-20-10-17(13(3)28-29(16)20)34-14(4)24(5,6)36-37(31)32/h8-12,14,23,31-32H,1-7H3. The van der Waals surface area contributed by atoms with Gasteiger partial charge in [-0.25, -0.2) is 9.50 Å². The maximum Gasteiger partial charge on any atom is 0.387 e. The van der Waals surface area contributed by atoms with Crippen LogP contribution in [0.25, 0.3) is 16.9 Å². The van der Waals surface area contributed by atoms with Crippen molar-refractivity contribution in [2.24, 2.45) is 5.92 Å². The first kappa shape index (κ1) is 28.6. The number of Topliss-reactive ketones (excluding diaryl/α,β-unsaturated/α-hetero) is 1. The van der Waals surface area contributed by atoms with E-state index < -0.39 is 38.6 Å². The molecule has 2 N–H and O–H groups in total. The monoisotopic (exact) mass is 541 g/mol. The van der Waals surface area contributed by atoms with Crippen LogP contribution in [0.2, 0.25) is 0 Å². The molecular formula is C24H30F2N3O7P. The molecule has 0 bridgehead atoms. The van der Waals surface area contributed by atoms with Gasteiger partial charge in [0.2, 0.25) is 0 Å². The summed E-state index contributed by atoms with van der Waals surface area (Å²) in [5.74, 6) is -0.700. The van der Waals surface area contributed by atoms with Gasteiger partial charge in [0.05, 0.1) is 19.0 Å². The van der Waals surface area contributed by atoms with Crippen molar-refractivity contribution in [2.75, 3.05) is 7.11 Å². The van der Waals surface area contributed by atoms with Crippen molar-refractivity contribution in [3.05, 3.63) is 35.7 Å². The van der Waals surface area contributed by atoms with Crippen molar-refractivity contribution in [2.45, 2.75) is 59.9 Å². The number of ether oxygens (including phenoxy) is 3. The van der Waals surface area contributed by atoms with Gasteiger partial charge in [-0.1, -0.05) is 13.8 Å². The normalized spacial score (nSPS) is 13.0. The molecule has 0 fully saturated rings. The Morgan fingerprint density at radius 1 is 1.08 bits per heavy atom. The number of benzene rings is 1. The highest BCUT2D eigenvalue weighted by atomic mass is 31.2. The molecule has 0 spiro atoms. The van der Waals surface area contributed by atoms with E-state index in [0.29, 0.717) is 28.3 Å². The molecule has 0 saturated heterocycles. The van der Waals surface area contributed by atoms with Gasteiger partial charge in [0.25, 0.3) is 0 Å². The summed E-state index contributed by atoms with van der Waals surface area (Å²) in [6, 6.07) is 4.52. The quantitative estimate of drug-likeness (QED) is 0.257. The number of fused-ring (bicyclic) bond motifs is 1. The lowest BCUT2D eigenvalue weighted by atomic mass is 9.97. The van der Waals surface area contributed by atoms with Crippen LogP contribution in [0.4, 0.5) is 8.78 Å². The molecule has 0 amide bonds. The summed E-state index contributed by atoms with van der Waals surface area (Å²) in [6.45, 7) is 6.91. The van der Waals surface area contributed by atoms with Crippen molar-refractivity contribution in [3.8, 4) is 28.5 Å². The highest BCUT2D eigenvalue weighted by molar-refractivity contribution is 7.39. The smallest absolute Gasteiger partial charge is 0.387 e. The molecule has 0 aliphatic heterocycles. The molecule has 202 valence electrons. The summed E-state index contributed by atoms with van der Waals surface area (Å²) in [4.78, 5) is 35.6. The van der Waals surface area contributed by atoms with Gasteiger partial charge < -0.3 is 28.5 Å². The van der Waals surface area contributed by atoms with E-state index in [0.717, 1.165) is 0 Å². The lowest BCUT2D eigenvalue weighted by molar-refractivity contribution is -0.0502. The number of carbonyl (C=O) groups excluding carboxylic acids is 1. The number of alkyl halides is 2. The highest BCUT2D eigenvalue weighted by Gasteiger charge is 2.32. The van der Waals surface area contributed by atoms with Crippen LogP contribution >= 0.6 is 8.60 Å². The van der Waals surface area contributed by atoms with Gasteiger partial charge in [0.15, 0.2) is 11.4 Å². The zero-order chi connectivity index (χ0) is 27.7. The first-order chi connectivity index (χ1) is 17.2. The Labute approximate surface area is 214 Å². The van der Waals surface area contributed by atoms with Gasteiger partial charge in [0.1, 0.15) is 40.2 Å². The van der Waals surface area contributed by atoms with E-state index in [9.17, 15) is 23.4 Å². The number of rotatable bonds is 11. The molecule has 0 radical (unpaired) electrons. The molecule has 1 aromatic carbocycles. The predicted octanol–water partition coefficient (Wildman–Crippen LogP) is 4.93. The third kappa shape index (κ3) is 6.32. The minimum absolute atomic E-state index is 0.0663. The number of nitrogens with zero attached hydrogens (tertiary/aromatic N) is 3. The molecule has 1 atom stereocenters. The molecule has 0 aliphatic carbocycles. The van der Waals surface area contributed by atoms with Crippen LogP contribution in [-0.2, 0) is 4.52 Å². The predicted molar refractivity (Wildman–Crippen MR) is 132 cm³/mol. The van der Waals surface area contributed by atoms with Crippen molar-refractivity contribution in [1.82, 2.24) is 14.6 Å². The number of hydrogen-bond donors (Lipinski definition) is 2. The largest absolute Gasteiger partial charge is 0.496 e. The van der Waals surface area contributed by atoms with Gasteiger partial charge in [-0.15, -0.1) is 0 Å². The fourth-order valence-electron chi connectivity index (χ4n) is 3.54. The van der Waals surface area contributed by atoms with E-state index >= 15 is 0 Å². The highest BCUT2D eigenvalue weighted by Crippen LogP contribution is 2.39. The van der Waals surface area contributed by atoms with Gasteiger partial charge in [0, 0.05) is 17.5 Å². The number of aromatic nitrogens is 3. The van der Waals surface area contributed by atoms with Crippen LogP contribution < -0.4 is 14.2 Å². The number of hydrogen-bond acceptors (Lipinski definition) is 9. The lowest BCUT2D eigenvalue weighted by Crippen LogP contribution is -2.39. The van der Waals surface area contributed by atoms with Crippen LogP contribution in [0.15, 0.2) is 24.4 Å². The minimum Gasteiger partial charge on any atom is -0.496 e. The number of ketones is 1.